The largest absolute Gasteiger partial charge is 0.453 e. The van der Waals surface area contributed by atoms with E-state index in [0.717, 1.165) is 66.9 Å². The van der Waals surface area contributed by atoms with Crippen LogP contribution in [0.5, 0.6) is 0 Å². The summed E-state index contributed by atoms with van der Waals surface area (Å²) in [6.45, 7) is 0. The van der Waals surface area contributed by atoms with Gasteiger partial charge in [-0.15, -0.1) is 0 Å². The van der Waals surface area contributed by atoms with Crippen LogP contribution in [0, 0.1) is 0 Å². The highest BCUT2D eigenvalue weighted by atomic mass is 16.3. The molecule has 0 bridgehead atoms. The van der Waals surface area contributed by atoms with Gasteiger partial charge in [-0.3, -0.25) is 0 Å². The van der Waals surface area contributed by atoms with Crippen LogP contribution >= 0.6 is 0 Å². The van der Waals surface area contributed by atoms with E-state index in [0.29, 0.717) is 0 Å². The van der Waals surface area contributed by atoms with Crippen molar-refractivity contribution < 1.29 is 4.42 Å². The quantitative estimate of drug-likeness (QED) is 0.160. The topological polar surface area (TPSA) is 21.3 Å². The van der Waals surface area contributed by atoms with Gasteiger partial charge in [0.25, 0.3) is 0 Å². The normalized spacial score (nSPS) is 11.7. The zero-order valence-corrected chi connectivity index (χ0v) is 35.4. The van der Waals surface area contributed by atoms with E-state index < -0.39 is 0 Å². The van der Waals surface area contributed by atoms with Crippen molar-refractivity contribution in [2.24, 2.45) is 0 Å². The smallest absolute Gasteiger partial charge is 0.159 e. The average molecular weight is 829 g/mol. The maximum absolute atomic E-state index is 7.02. The van der Waals surface area contributed by atoms with Crippen LogP contribution in [0.4, 0.5) is 17.1 Å². The molecule has 0 aliphatic heterocycles. The molecule has 0 atom stereocenters. The molecule has 0 aliphatic carbocycles. The van der Waals surface area contributed by atoms with E-state index in [4.69, 9.17) is 4.42 Å². The van der Waals surface area contributed by atoms with Gasteiger partial charge in [0.1, 0.15) is 5.58 Å². The number of hydrogen-bond acceptors (Lipinski definition) is 2. The Morgan fingerprint density at radius 3 is 1.63 bits per heavy atom. The van der Waals surface area contributed by atoms with Crippen molar-refractivity contribution in [2.45, 2.75) is 0 Å². The molecule has 0 spiro atoms. The minimum Gasteiger partial charge on any atom is -0.453 e. The maximum atomic E-state index is 7.02. The molecule has 0 fully saturated rings. The van der Waals surface area contributed by atoms with Crippen LogP contribution in [-0.2, 0) is 0 Å². The Labute approximate surface area is 376 Å². The number of hydrogen-bond donors (Lipinski definition) is 0. The molecule has 0 unspecified atom stereocenters. The molecule has 11 aromatic carbocycles. The number of anilines is 3. The first-order chi connectivity index (χ1) is 32.2. The van der Waals surface area contributed by atoms with E-state index in [1.165, 1.54) is 54.5 Å². The fraction of sp³-hybridized carbons (Fsp3) is 0. The summed E-state index contributed by atoms with van der Waals surface area (Å²) in [5.41, 5.74) is 15.3. The maximum Gasteiger partial charge on any atom is 0.159 e. The summed E-state index contributed by atoms with van der Waals surface area (Å²) in [6, 6.07) is 87.5. The van der Waals surface area contributed by atoms with Crippen molar-refractivity contribution in [3.8, 4) is 39.1 Å². The Balaban J connectivity index is 0.967. The number of fused-ring (bicyclic) bond motifs is 9. The van der Waals surface area contributed by atoms with Crippen LogP contribution in [0.1, 0.15) is 0 Å². The summed E-state index contributed by atoms with van der Waals surface area (Å²) < 4.78 is 9.46. The molecule has 3 heteroatoms. The minimum atomic E-state index is 0.847. The van der Waals surface area contributed by atoms with Gasteiger partial charge in [-0.2, -0.15) is 0 Å². The van der Waals surface area contributed by atoms with Gasteiger partial charge < -0.3 is 13.9 Å². The van der Waals surface area contributed by atoms with Crippen molar-refractivity contribution >= 4 is 82.4 Å². The zero-order chi connectivity index (χ0) is 42.8. The molecule has 304 valence electrons. The fourth-order valence-electron chi connectivity index (χ4n) is 10.1. The molecule has 65 heavy (non-hydrogen) atoms. The van der Waals surface area contributed by atoms with Crippen LogP contribution in [0.2, 0.25) is 0 Å². The molecule has 2 heterocycles. The highest BCUT2D eigenvalue weighted by Crippen LogP contribution is 2.45. The van der Waals surface area contributed by atoms with Crippen LogP contribution < -0.4 is 4.90 Å². The summed E-state index contributed by atoms with van der Waals surface area (Å²) in [4.78, 5) is 2.34. The van der Waals surface area contributed by atoms with Crippen LogP contribution in [-0.4, -0.2) is 4.57 Å². The third kappa shape index (κ3) is 6.05. The van der Waals surface area contributed by atoms with Crippen LogP contribution in [0.25, 0.3) is 104 Å². The van der Waals surface area contributed by atoms with Crippen molar-refractivity contribution in [2.75, 3.05) is 4.90 Å². The van der Waals surface area contributed by atoms with Crippen LogP contribution in [0.3, 0.4) is 0 Å². The van der Waals surface area contributed by atoms with E-state index in [-0.39, 0.29) is 0 Å². The molecule has 13 aromatic rings. The highest BCUT2D eigenvalue weighted by molar-refractivity contribution is 6.19. The van der Waals surface area contributed by atoms with Crippen molar-refractivity contribution in [3.63, 3.8) is 0 Å². The Kier molecular flexibility index (Phi) is 8.53. The first kappa shape index (κ1) is 36.9. The molecule has 0 saturated carbocycles. The fourth-order valence-corrected chi connectivity index (χ4v) is 10.1. The van der Waals surface area contributed by atoms with Gasteiger partial charge in [-0.25, -0.2) is 0 Å². The molecule has 0 saturated heterocycles. The lowest BCUT2D eigenvalue weighted by atomic mass is 9.98. The number of nitrogens with zero attached hydrogens (tertiary/aromatic N) is 2. The van der Waals surface area contributed by atoms with Crippen LogP contribution in [0.15, 0.2) is 247 Å². The minimum absolute atomic E-state index is 0.847. The van der Waals surface area contributed by atoms with E-state index in [9.17, 15) is 0 Å². The number of aromatic nitrogens is 1. The Bertz CT molecular complexity index is 3910. The molecule has 0 aliphatic rings. The van der Waals surface area contributed by atoms with E-state index >= 15 is 0 Å². The molecule has 0 N–H and O–H groups in total. The second-order valence-electron chi connectivity index (χ2n) is 16.8. The third-order valence-corrected chi connectivity index (χ3v) is 13.2. The van der Waals surface area contributed by atoms with Gasteiger partial charge in [-0.1, -0.05) is 194 Å². The van der Waals surface area contributed by atoms with Gasteiger partial charge in [0.2, 0.25) is 0 Å². The highest BCUT2D eigenvalue weighted by Gasteiger charge is 2.22. The van der Waals surface area contributed by atoms with Gasteiger partial charge in [0.15, 0.2) is 5.58 Å². The summed E-state index contributed by atoms with van der Waals surface area (Å²) in [6.07, 6.45) is 0. The SMILES string of the molecule is c1ccc(-c2cccc3c2oc2c(N(c4ccc(-c5ccc6c7ccc8ccccc8c7n(-c7ccccc7)c6c5)cc4)c4ccc(-c5cccc6ccccc56)cc4)cccc23)cc1. The molecular weight excluding hydrogens is 789 g/mol. The van der Waals surface area contributed by atoms with Crippen molar-refractivity contribution in [1.29, 1.82) is 0 Å². The third-order valence-electron chi connectivity index (χ3n) is 13.2. The van der Waals surface area contributed by atoms with Gasteiger partial charge in [0, 0.05) is 49.6 Å². The van der Waals surface area contributed by atoms with Gasteiger partial charge >= 0.3 is 0 Å². The van der Waals surface area contributed by atoms with Crippen molar-refractivity contribution in [1.82, 2.24) is 4.57 Å². The van der Waals surface area contributed by atoms with Gasteiger partial charge in [-0.05, 0) is 92.5 Å². The number of benzene rings is 11. The molecular formula is C62H40N2O. The number of rotatable bonds is 7. The van der Waals surface area contributed by atoms with Gasteiger partial charge in [0.05, 0.1) is 16.7 Å². The number of para-hydroxylation sites is 3. The Morgan fingerprint density at radius 1 is 0.323 bits per heavy atom. The Hall–Kier alpha value is -8.66. The van der Waals surface area contributed by atoms with E-state index in [2.05, 4.69) is 252 Å². The summed E-state index contributed by atoms with van der Waals surface area (Å²) in [5.74, 6) is 0. The number of furan rings is 1. The second kappa shape index (κ2) is 15.0. The molecule has 2 aromatic heterocycles. The Morgan fingerprint density at radius 2 is 0.862 bits per heavy atom. The predicted molar refractivity (Wildman–Crippen MR) is 274 cm³/mol. The molecule has 3 nitrogen and oxygen atoms in total. The summed E-state index contributed by atoms with van der Waals surface area (Å²) in [7, 11) is 0. The lowest BCUT2D eigenvalue weighted by Gasteiger charge is -2.26. The summed E-state index contributed by atoms with van der Waals surface area (Å²) in [5, 5.41) is 9.63. The monoisotopic (exact) mass is 828 g/mol. The molecule has 13 rings (SSSR count). The predicted octanol–water partition coefficient (Wildman–Crippen LogP) is 17.5. The first-order valence-corrected chi connectivity index (χ1v) is 22.2. The molecule has 0 amide bonds. The zero-order valence-electron chi connectivity index (χ0n) is 35.4. The summed E-state index contributed by atoms with van der Waals surface area (Å²) >= 11 is 0. The first-order valence-electron chi connectivity index (χ1n) is 22.2. The van der Waals surface area contributed by atoms with E-state index in [1.54, 1.807) is 0 Å². The second-order valence-corrected chi connectivity index (χ2v) is 16.8. The molecule has 0 radical (unpaired) electrons. The average Bonchev–Trinajstić information content (AvgIpc) is 3.94. The lowest BCUT2D eigenvalue weighted by molar-refractivity contribution is 0.670. The standard InChI is InChI=1S/C62H40N2O/c1-3-14-43(15-4-1)53-24-12-25-56-57-26-13-27-58(62(57)65-61(53)56)63(49-36-30-45(31-37-49)51-23-11-18-42-16-7-9-21-50(42)51)48-34-28-41(29-35-48)46-33-38-54-55-39-32-44-17-8-10-22-52(44)60(55)64(59(54)40-46)47-19-5-2-6-20-47/h1-40H. The van der Waals surface area contributed by atoms with Crippen molar-refractivity contribution in [3.05, 3.63) is 243 Å². The van der Waals surface area contributed by atoms with E-state index in [1.807, 2.05) is 0 Å². The lowest BCUT2D eigenvalue weighted by Crippen LogP contribution is -2.10.